The summed E-state index contributed by atoms with van der Waals surface area (Å²) < 4.78 is 3.52. The van der Waals surface area contributed by atoms with Gasteiger partial charge in [0, 0.05) is 22.7 Å². The third kappa shape index (κ3) is 4.71. The molecule has 0 saturated heterocycles. The summed E-state index contributed by atoms with van der Waals surface area (Å²) in [5, 5.41) is 33.9. The van der Waals surface area contributed by atoms with E-state index in [9.17, 15) is 20.0 Å². The Kier molecular flexibility index (Phi) is 6.53. The second kappa shape index (κ2) is 8.86. The molecule has 0 spiro atoms. The maximum Gasteiger partial charge on any atom is 0.334 e. The van der Waals surface area contributed by atoms with Gasteiger partial charge in [0.2, 0.25) is 11.6 Å². The number of hydrogen-bond acceptors (Lipinski definition) is 8. The lowest BCUT2D eigenvalue weighted by molar-refractivity contribution is 0.273. The number of aromatic hydroxyl groups is 1. The van der Waals surface area contributed by atoms with Gasteiger partial charge in [-0.2, -0.15) is 15.0 Å². The summed E-state index contributed by atoms with van der Waals surface area (Å²) in [6, 6.07) is 7.35. The summed E-state index contributed by atoms with van der Waals surface area (Å²) in [4.78, 5) is 30.9. The quantitative estimate of drug-likeness (QED) is 0.537. The van der Waals surface area contributed by atoms with Crippen LogP contribution in [0.25, 0.3) is 5.82 Å². The molecule has 190 valence electrons. The van der Waals surface area contributed by atoms with Crippen LogP contribution in [0.4, 0.5) is 11.5 Å². The summed E-state index contributed by atoms with van der Waals surface area (Å²) in [5.41, 5.74) is -3.51. The van der Waals surface area contributed by atoms with E-state index >= 15 is 0 Å². The van der Waals surface area contributed by atoms with Gasteiger partial charge < -0.3 is 5.11 Å². The number of azo groups is 1. The van der Waals surface area contributed by atoms with Gasteiger partial charge in [0.25, 0.3) is 5.56 Å². The van der Waals surface area contributed by atoms with Gasteiger partial charge >= 0.3 is 5.69 Å². The lowest BCUT2D eigenvalue weighted by Crippen LogP contribution is -2.50. The lowest BCUT2D eigenvalue weighted by Gasteiger charge is -2.28. The van der Waals surface area contributed by atoms with Crippen molar-refractivity contribution in [3.63, 3.8) is 0 Å². The molecule has 0 saturated carbocycles. The van der Waals surface area contributed by atoms with E-state index in [1.807, 2.05) is 20.8 Å². The Balaban J connectivity index is 2.40. The van der Waals surface area contributed by atoms with E-state index in [0.29, 0.717) is 11.5 Å². The Morgan fingerprint density at radius 2 is 1.56 bits per heavy atom. The van der Waals surface area contributed by atoms with Gasteiger partial charge in [-0.3, -0.25) is 13.9 Å². The molecule has 3 aromatic rings. The summed E-state index contributed by atoms with van der Waals surface area (Å²) >= 11 is 0. The molecule has 0 unspecified atom stereocenters. The molecule has 0 atom stereocenters. The molecule has 0 aliphatic heterocycles. The molecule has 11 heteroatoms. The number of rotatable bonds is 3. The molecule has 3 rings (SSSR count). The monoisotopic (exact) mass is 492 g/mol. The maximum absolute atomic E-state index is 13.4. The molecule has 0 aliphatic carbocycles. The minimum absolute atomic E-state index is 0.0516. The number of pyridine rings is 1. The van der Waals surface area contributed by atoms with E-state index in [2.05, 4.69) is 26.4 Å². The minimum Gasteiger partial charge on any atom is -0.493 e. The van der Waals surface area contributed by atoms with Crippen molar-refractivity contribution < 1.29 is 5.11 Å². The standard InChI is InChI=1S/C25H32N8O3/c1-23(2,3)18-15(14-26)19(33(30-18)16-12-10-11-13-27-16)29-28-17-20(34)31(24(4,5)6)22(36)32(21(17)35)25(7,8)9/h10-13,34H,1-9H3/b29-28-. The molecule has 1 N–H and O–H groups in total. The van der Waals surface area contributed by atoms with E-state index in [1.54, 1.807) is 65.9 Å². The topological polar surface area (TPSA) is 143 Å². The van der Waals surface area contributed by atoms with Crippen LogP contribution in [-0.2, 0) is 16.5 Å². The van der Waals surface area contributed by atoms with Crippen LogP contribution in [0, 0.1) is 11.3 Å². The van der Waals surface area contributed by atoms with Crippen LogP contribution in [0.3, 0.4) is 0 Å². The zero-order valence-corrected chi connectivity index (χ0v) is 22.2. The fraction of sp³-hybridized carbons (Fsp3) is 0.480. The van der Waals surface area contributed by atoms with E-state index in [4.69, 9.17) is 0 Å². The first-order valence-electron chi connectivity index (χ1n) is 11.5. The normalized spacial score (nSPS) is 12.8. The number of aromatic nitrogens is 5. The highest BCUT2D eigenvalue weighted by atomic mass is 16.3. The molecule has 0 aliphatic rings. The fourth-order valence-corrected chi connectivity index (χ4v) is 3.73. The van der Waals surface area contributed by atoms with Gasteiger partial charge in [0.1, 0.15) is 11.6 Å². The third-order valence-corrected chi connectivity index (χ3v) is 5.35. The highest BCUT2D eigenvalue weighted by molar-refractivity contribution is 5.56. The van der Waals surface area contributed by atoms with Crippen molar-refractivity contribution in [3.8, 4) is 17.8 Å². The van der Waals surface area contributed by atoms with Crippen molar-refractivity contribution >= 4 is 11.5 Å². The molecule has 0 radical (unpaired) electrons. The van der Waals surface area contributed by atoms with E-state index in [1.165, 1.54) is 4.68 Å². The van der Waals surface area contributed by atoms with Crippen molar-refractivity contribution in [3.05, 3.63) is 56.5 Å². The minimum atomic E-state index is -0.897. The molecule has 0 bridgehead atoms. The number of hydrogen-bond donors (Lipinski definition) is 1. The molecule has 3 aromatic heterocycles. The fourth-order valence-electron chi connectivity index (χ4n) is 3.73. The van der Waals surface area contributed by atoms with Crippen molar-refractivity contribution in [2.45, 2.75) is 78.8 Å². The molecular weight excluding hydrogens is 460 g/mol. The Bertz CT molecular complexity index is 1480. The summed E-state index contributed by atoms with van der Waals surface area (Å²) in [6.45, 7) is 16.0. The molecule has 36 heavy (non-hydrogen) atoms. The Hall–Kier alpha value is -4.07. The number of nitriles is 1. The van der Waals surface area contributed by atoms with Crippen LogP contribution in [0.2, 0.25) is 0 Å². The molecule has 11 nitrogen and oxygen atoms in total. The summed E-state index contributed by atoms with van der Waals surface area (Å²) in [6.07, 6.45) is 1.58. The van der Waals surface area contributed by atoms with Gasteiger partial charge in [-0.25, -0.2) is 9.78 Å². The summed E-state index contributed by atoms with van der Waals surface area (Å²) in [5.74, 6) is -0.162. The number of nitrogens with zero attached hydrogens (tertiary/aromatic N) is 8. The Morgan fingerprint density at radius 3 is 2.03 bits per heavy atom. The first-order chi connectivity index (χ1) is 16.5. The molecular formula is C25H32N8O3. The second-order valence-electron chi connectivity index (χ2n) is 11.5. The highest BCUT2D eigenvalue weighted by Gasteiger charge is 2.31. The molecule has 0 amide bonds. The van der Waals surface area contributed by atoms with Crippen molar-refractivity contribution in [1.29, 1.82) is 5.26 Å². The van der Waals surface area contributed by atoms with Crippen LogP contribution in [0.1, 0.15) is 73.6 Å². The predicted molar refractivity (Wildman–Crippen MR) is 136 cm³/mol. The second-order valence-corrected chi connectivity index (χ2v) is 11.5. The van der Waals surface area contributed by atoms with Crippen LogP contribution in [-0.4, -0.2) is 29.0 Å². The summed E-state index contributed by atoms with van der Waals surface area (Å²) in [7, 11) is 0. The Morgan fingerprint density at radius 1 is 0.944 bits per heavy atom. The average Bonchev–Trinajstić information content (AvgIpc) is 3.11. The van der Waals surface area contributed by atoms with Crippen molar-refractivity contribution in [1.82, 2.24) is 23.9 Å². The first-order valence-corrected chi connectivity index (χ1v) is 11.5. The first kappa shape index (κ1) is 26.5. The van der Waals surface area contributed by atoms with Gasteiger partial charge in [-0.1, -0.05) is 26.8 Å². The molecule has 0 aromatic carbocycles. The van der Waals surface area contributed by atoms with Crippen molar-refractivity contribution in [2.24, 2.45) is 10.2 Å². The van der Waals surface area contributed by atoms with Crippen LogP contribution < -0.4 is 11.2 Å². The van der Waals surface area contributed by atoms with Crippen LogP contribution in [0.5, 0.6) is 5.88 Å². The van der Waals surface area contributed by atoms with Crippen molar-refractivity contribution in [2.75, 3.05) is 0 Å². The highest BCUT2D eigenvalue weighted by Crippen LogP contribution is 2.35. The van der Waals surface area contributed by atoms with Gasteiger partial charge in [0.05, 0.1) is 5.69 Å². The van der Waals surface area contributed by atoms with E-state index < -0.39 is 39.3 Å². The van der Waals surface area contributed by atoms with Crippen LogP contribution in [0.15, 0.2) is 44.2 Å². The third-order valence-electron chi connectivity index (χ3n) is 5.35. The van der Waals surface area contributed by atoms with E-state index in [0.717, 1.165) is 9.13 Å². The van der Waals surface area contributed by atoms with E-state index in [-0.39, 0.29) is 11.4 Å². The maximum atomic E-state index is 13.4. The largest absolute Gasteiger partial charge is 0.493 e. The van der Waals surface area contributed by atoms with Crippen LogP contribution >= 0.6 is 0 Å². The molecule has 3 heterocycles. The Labute approximate surface area is 209 Å². The smallest absolute Gasteiger partial charge is 0.334 e. The molecule has 0 fully saturated rings. The zero-order chi connectivity index (χ0) is 27.2. The average molecular weight is 493 g/mol. The SMILES string of the molecule is CC(C)(C)c1nn(-c2ccccn2)c(/N=N\c2c(O)n(C(C)(C)C)c(=O)n(C(C)(C)C)c2=O)c1C#N. The van der Waals surface area contributed by atoms with Gasteiger partial charge in [-0.05, 0) is 53.7 Å². The zero-order valence-electron chi connectivity index (χ0n) is 22.2. The van der Waals surface area contributed by atoms with Gasteiger partial charge in [0.15, 0.2) is 11.6 Å². The van der Waals surface area contributed by atoms with Gasteiger partial charge in [-0.15, -0.1) is 10.2 Å². The predicted octanol–water partition coefficient (Wildman–Crippen LogP) is 4.39. The lowest BCUT2D eigenvalue weighted by atomic mass is 9.90.